The molecule has 2 atom stereocenters. The summed E-state index contributed by atoms with van der Waals surface area (Å²) in [5, 5.41) is 5.54. The number of ketones is 1. The van der Waals surface area contributed by atoms with Crippen LogP contribution in [0.4, 0.5) is 0 Å². The van der Waals surface area contributed by atoms with E-state index in [4.69, 9.17) is 9.47 Å². The third-order valence-electron chi connectivity index (χ3n) is 6.73. The van der Waals surface area contributed by atoms with Crippen LogP contribution in [0.5, 0.6) is 0 Å². The Morgan fingerprint density at radius 2 is 1.24 bits per heavy atom. The van der Waals surface area contributed by atoms with Crippen LogP contribution in [0, 0.1) is 11.3 Å². The lowest BCUT2D eigenvalue weighted by Crippen LogP contribution is -2.56. The summed E-state index contributed by atoms with van der Waals surface area (Å²) in [6, 6.07) is 25.1. The number of hydrogen-bond donors (Lipinski definition) is 2. The Bertz CT molecular complexity index is 1310. The molecule has 0 heterocycles. The summed E-state index contributed by atoms with van der Waals surface area (Å²) < 4.78 is 11.3. The van der Waals surface area contributed by atoms with Gasteiger partial charge in [0.25, 0.3) is 5.91 Å². The Kier molecular flexibility index (Phi) is 12.0. The van der Waals surface area contributed by atoms with Gasteiger partial charge in [-0.25, -0.2) is 0 Å². The van der Waals surface area contributed by atoms with Crippen LogP contribution in [0.1, 0.15) is 55.6 Å². The van der Waals surface area contributed by atoms with Crippen LogP contribution in [0.25, 0.3) is 0 Å². The highest BCUT2D eigenvalue weighted by Crippen LogP contribution is 2.24. The van der Waals surface area contributed by atoms with Crippen LogP contribution in [-0.4, -0.2) is 42.3 Å². The van der Waals surface area contributed by atoms with Crippen molar-refractivity contribution >= 4 is 23.6 Å². The first kappa shape index (κ1) is 32.2. The molecule has 8 nitrogen and oxygen atoms in total. The summed E-state index contributed by atoms with van der Waals surface area (Å²) in [7, 11) is 0. The maximum Gasteiger partial charge on any atom is 0.319 e. The third-order valence-corrected chi connectivity index (χ3v) is 6.73. The maximum atomic E-state index is 13.7. The maximum absolute atomic E-state index is 13.7. The molecule has 0 radical (unpaired) electrons. The molecule has 0 saturated carbocycles. The monoisotopic (exact) mass is 572 g/mol. The first-order chi connectivity index (χ1) is 20.1. The second-order valence-corrected chi connectivity index (χ2v) is 11.1. The van der Waals surface area contributed by atoms with E-state index < -0.39 is 41.1 Å². The molecule has 0 saturated heterocycles. The molecule has 0 aliphatic rings. The molecule has 0 fully saturated rings. The van der Waals surface area contributed by atoms with Gasteiger partial charge in [0.05, 0.1) is 19.3 Å². The van der Waals surface area contributed by atoms with Gasteiger partial charge in [-0.3, -0.25) is 19.2 Å². The number of carbonyl (C=O) groups excluding carboxylic acids is 4. The molecule has 2 N–H and O–H groups in total. The molecule has 222 valence electrons. The zero-order valence-electron chi connectivity index (χ0n) is 24.7. The van der Waals surface area contributed by atoms with Gasteiger partial charge >= 0.3 is 5.97 Å². The Morgan fingerprint density at radius 3 is 1.79 bits per heavy atom. The lowest BCUT2D eigenvalue weighted by Gasteiger charge is -2.29. The highest BCUT2D eigenvalue weighted by Gasteiger charge is 2.42. The average molecular weight is 573 g/mol. The van der Waals surface area contributed by atoms with Crippen molar-refractivity contribution < 1.29 is 28.7 Å². The molecule has 3 rings (SSSR count). The van der Waals surface area contributed by atoms with Crippen molar-refractivity contribution in [2.75, 3.05) is 6.61 Å². The smallest absolute Gasteiger partial charge is 0.319 e. The van der Waals surface area contributed by atoms with Crippen molar-refractivity contribution in [1.82, 2.24) is 10.6 Å². The molecule has 2 amide bonds. The van der Waals surface area contributed by atoms with E-state index in [9.17, 15) is 19.2 Å². The highest BCUT2D eigenvalue weighted by atomic mass is 16.5. The number of Topliss-reactive ketones (excluding diaryl/α,β-unsaturated/α-hetero) is 1. The van der Waals surface area contributed by atoms with Gasteiger partial charge in [0.1, 0.15) is 18.1 Å². The summed E-state index contributed by atoms with van der Waals surface area (Å²) in [4.78, 5) is 53.3. The van der Waals surface area contributed by atoms with Crippen LogP contribution >= 0.6 is 0 Å². The lowest BCUT2D eigenvalue weighted by atomic mass is 9.81. The number of amides is 2. The number of esters is 1. The van der Waals surface area contributed by atoms with Gasteiger partial charge in [0.15, 0.2) is 5.78 Å². The molecule has 8 heteroatoms. The standard InChI is InChI=1S/C34H40N2O6/c1-24(2)20-28(30(37)34(3,4)33(40)42-22-26-16-10-6-11-17-26)35-32(39)29(23-41-21-25-14-8-5-9-15-25)36-31(38)27-18-12-7-13-19-27/h5-19,24,28-29H,20-23H2,1-4H3,(H,35,39)(H,36,38)/t28-,29-/m0/s1. The van der Waals surface area contributed by atoms with Crippen LogP contribution in [0.2, 0.25) is 0 Å². The summed E-state index contributed by atoms with van der Waals surface area (Å²) in [5.41, 5.74) is 0.576. The molecular weight excluding hydrogens is 532 g/mol. The molecule has 0 aliphatic heterocycles. The van der Waals surface area contributed by atoms with E-state index in [2.05, 4.69) is 10.6 Å². The quantitative estimate of drug-likeness (QED) is 0.199. The lowest BCUT2D eigenvalue weighted by molar-refractivity contribution is -0.160. The van der Waals surface area contributed by atoms with Crippen molar-refractivity contribution in [2.45, 2.75) is 59.4 Å². The summed E-state index contributed by atoms with van der Waals surface area (Å²) >= 11 is 0. The van der Waals surface area contributed by atoms with E-state index >= 15 is 0 Å². The van der Waals surface area contributed by atoms with Crippen LogP contribution in [-0.2, 0) is 37.1 Å². The molecule has 0 bridgehead atoms. The van der Waals surface area contributed by atoms with Crippen LogP contribution in [0.15, 0.2) is 91.0 Å². The predicted molar refractivity (Wildman–Crippen MR) is 160 cm³/mol. The van der Waals surface area contributed by atoms with Crippen molar-refractivity contribution in [3.63, 3.8) is 0 Å². The molecule has 0 unspecified atom stereocenters. The molecule has 3 aromatic rings. The minimum atomic E-state index is -1.52. The first-order valence-electron chi connectivity index (χ1n) is 14.1. The van der Waals surface area contributed by atoms with Crippen molar-refractivity contribution in [2.24, 2.45) is 11.3 Å². The molecule has 42 heavy (non-hydrogen) atoms. The normalized spacial score (nSPS) is 12.7. The molecule has 0 aromatic heterocycles. The number of rotatable bonds is 15. The van der Waals surface area contributed by atoms with Gasteiger partial charge in [-0.15, -0.1) is 0 Å². The fourth-order valence-electron chi connectivity index (χ4n) is 4.30. The van der Waals surface area contributed by atoms with E-state index in [-0.39, 0.29) is 25.7 Å². The molecule has 0 aliphatic carbocycles. The zero-order valence-corrected chi connectivity index (χ0v) is 24.7. The fraction of sp³-hybridized carbons (Fsp3) is 0.353. The van der Waals surface area contributed by atoms with E-state index in [0.29, 0.717) is 12.0 Å². The van der Waals surface area contributed by atoms with E-state index in [1.807, 2.05) is 74.5 Å². The van der Waals surface area contributed by atoms with Crippen molar-refractivity contribution in [3.05, 3.63) is 108 Å². The summed E-state index contributed by atoms with van der Waals surface area (Å²) in [6.07, 6.45) is 0.296. The largest absolute Gasteiger partial charge is 0.460 e. The van der Waals surface area contributed by atoms with E-state index in [0.717, 1.165) is 11.1 Å². The number of ether oxygens (including phenoxy) is 2. The minimum absolute atomic E-state index is 0.0297. The Hall–Kier alpha value is -4.30. The fourth-order valence-corrected chi connectivity index (χ4v) is 4.30. The van der Waals surface area contributed by atoms with E-state index in [1.54, 1.807) is 30.3 Å². The minimum Gasteiger partial charge on any atom is -0.460 e. The van der Waals surface area contributed by atoms with E-state index in [1.165, 1.54) is 13.8 Å². The number of nitrogens with one attached hydrogen (secondary N) is 2. The summed E-state index contributed by atoms with van der Waals surface area (Å²) in [6.45, 7) is 6.99. The third kappa shape index (κ3) is 9.66. The van der Waals surface area contributed by atoms with Crippen LogP contribution < -0.4 is 10.6 Å². The zero-order chi connectivity index (χ0) is 30.5. The van der Waals surface area contributed by atoms with Crippen molar-refractivity contribution in [1.29, 1.82) is 0 Å². The van der Waals surface area contributed by atoms with Gasteiger partial charge < -0.3 is 20.1 Å². The topological polar surface area (TPSA) is 111 Å². The van der Waals surface area contributed by atoms with Gasteiger partial charge in [0, 0.05) is 5.56 Å². The average Bonchev–Trinajstić information content (AvgIpc) is 2.99. The van der Waals surface area contributed by atoms with Gasteiger partial charge in [-0.1, -0.05) is 92.7 Å². The number of benzene rings is 3. The first-order valence-corrected chi connectivity index (χ1v) is 14.1. The van der Waals surface area contributed by atoms with Gasteiger partial charge in [-0.05, 0) is 49.4 Å². The summed E-state index contributed by atoms with van der Waals surface area (Å²) in [5.74, 6) is -2.15. The molecule has 0 spiro atoms. The predicted octanol–water partition coefficient (Wildman–Crippen LogP) is 4.87. The Balaban J connectivity index is 1.74. The SMILES string of the molecule is CC(C)C[C@H](NC(=O)[C@H](COCc1ccccc1)NC(=O)c1ccccc1)C(=O)C(C)(C)C(=O)OCc1ccccc1. The van der Waals surface area contributed by atoms with Gasteiger partial charge in [-0.2, -0.15) is 0 Å². The molecule has 3 aromatic carbocycles. The second-order valence-electron chi connectivity index (χ2n) is 11.1. The van der Waals surface area contributed by atoms with Crippen molar-refractivity contribution in [3.8, 4) is 0 Å². The Morgan fingerprint density at radius 1 is 0.714 bits per heavy atom. The van der Waals surface area contributed by atoms with Crippen LogP contribution in [0.3, 0.4) is 0 Å². The number of carbonyl (C=O) groups is 4. The highest BCUT2D eigenvalue weighted by molar-refractivity contribution is 6.07. The van der Waals surface area contributed by atoms with Gasteiger partial charge in [0.2, 0.25) is 5.91 Å². The Labute approximate surface area is 247 Å². The second kappa shape index (κ2) is 15.6. The number of hydrogen-bond acceptors (Lipinski definition) is 6. The molecular formula is C34H40N2O6.